The van der Waals surface area contributed by atoms with Crippen molar-refractivity contribution in [1.29, 1.82) is 0 Å². The largest absolute Gasteiger partial charge is 0.504 e. The molecular formula is C32H26BrClN4O6S. The predicted octanol–water partition coefficient (Wildman–Crippen LogP) is 7.32. The van der Waals surface area contributed by atoms with Gasteiger partial charge in [-0.2, -0.15) is 5.10 Å². The number of nitrogens with zero attached hydrogens (tertiary/aromatic N) is 3. The fraction of sp³-hybridized carbons (Fsp3) is 0.125. The summed E-state index contributed by atoms with van der Waals surface area (Å²) in [5.41, 5.74) is 1.82. The Morgan fingerprint density at radius 1 is 1.11 bits per heavy atom. The first kappa shape index (κ1) is 31.9. The summed E-state index contributed by atoms with van der Waals surface area (Å²) in [6.45, 7) is 2.11. The van der Waals surface area contributed by atoms with Crippen LogP contribution in [0.2, 0.25) is 5.02 Å². The minimum Gasteiger partial charge on any atom is -0.504 e. The fourth-order valence-electron chi connectivity index (χ4n) is 4.09. The number of amides is 2. The number of aromatic hydroxyl groups is 1. The van der Waals surface area contributed by atoms with Gasteiger partial charge in [-0.1, -0.05) is 27.5 Å². The zero-order valence-electron chi connectivity index (χ0n) is 23.8. The Morgan fingerprint density at radius 2 is 1.93 bits per heavy atom. The van der Waals surface area contributed by atoms with Crippen molar-refractivity contribution in [3.05, 3.63) is 110 Å². The van der Waals surface area contributed by atoms with Gasteiger partial charge in [0.1, 0.15) is 11.5 Å². The van der Waals surface area contributed by atoms with Gasteiger partial charge in [0.05, 0.1) is 30.5 Å². The van der Waals surface area contributed by atoms with E-state index in [1.165, 1.54) is 23.4 Å². The highest BCUT2D eigenvalue weighted by Gasteiger charge is 2.34. The van der Waals surface area contributed by atoms with Crippen molar-refractivity contribution >= 4 is 74.3 Å². The monoisotopic (exact) mass is 708 g/mol. The Balaban J connectivity index is 1.37. The van der Waals surface area contributed by atoms with Crippen LogP contribution in [0.1, 0.15) is 23.8 Å². The van der Waals surface area contributed by atoms with Crippen LogP contribution >= 0.6 is 39.3 Å². The van der Waals surface area contributed by atoms with Crippen LogP contribution in [-0.4, -0.2) is 46.4 Å². The van der Waals surface area contributed by atoms with Gasteiger partial charge < -0.3 is 24.3 Å². The number of ether oxygens (including phenoxy) is 2. The van der Waals surface area contributed by atoms with E-state index in [0.29, 0.717) is 55.8 Å². The van der Waals surface area contributed by atoms with Crippen molar-refractivity contribution in [2.45, 2.75) is 13.5 Å². The summed E-state index contributed by atoms with van der Waals surface area (Å²) in [7, 11) is 0. The summed E-state index contributed by atoms with van der Waals surface area (Å²) in [5.74, 6) is 0.668. The molecule has 1 aromatic heterocycles. The highest BCUT2D eigenvalue weighted by atomic mass is 79.9. The number of halogens is 2. The van der Waals surface area contributed by atoms with Crippen LogP contribution in [0, 0.1) is 0 Å². The zero-order chi connectivity index (χ0) is 31.8. The van der Waals surface area contributed by atoms with Crippen LogP contribution in [0.15, 0.2) is 103 Å². The lowest BCUT2D eigenvalue weighted by molar-refractivity contribution is -0.122. The standard InChI is InChI=1S/C32H26BrClN4O6S/c1-2-42-28-14-20(5-11-26(28)39)17-35-37-32-38(18-25-4-3-13-43-25)31(41)29(45-32)16-21-15-22(33)6-12-27(21)44-19-30(40)36-24-9-7-23(34)8-10-24/h3-17,39H,2,18-19H2,1H3,(H,36,40)/b29-16-,35-17-,37-32+. The topological polar surface area (TPSA) is 126 Å². The number of nitrogens with one attached hydrogen (secondary N) is 1. The van der Waals surface area contributed by atoms with Gasteiger partial charge in [-0.15, -0.1) is 5.10 Å². The molecule has 1 fully saturated rings. The Kier molecular flexibility index (Phi) is 10.6. The molecule has 0 bridgehead atoms. The lowest BCUT2D eigenvalue weighted by Gasteiger charge is -2.13. The summed E-state index contributed by atoms with van der Waals surface area (Å²) < 4.78 is 17.5. The molecule has 1 saturated heterocycles. The second kappa shape index (κ2) is 15.0. The number of amidine groups is 1. The summed E-state index contributed by atoms with van der Waals surface area (Å²) in [4.78, 5) is 28.0. The molecule has 0 unspecified atom stereocenters. The molecule has 0 radical (unpaired) electrons. The molecule has 1 aliphatic rings. The minimum absolute atomic E-state index is 0.0229. The van der Waals surface area contributed by atoms with Crippen LogP contribution in [0.3, 0.4) is 0 Å². The Hall–Kier alpha value is -4.52. The van der Waals surface area contributed by atoms with Gasteiger partial charge in [-0.25, -0.2) is 0 Å². The number of hydrogen-bond donors (Lipinski definition) is 2. The molecule has 2 heterocycles. The molecule has 2 amide bonds. The normalized spacial score (nSPS) is 14.9. The molecule has 0 atom stereocenters. The second-order valence-corrected chi connectivity index (χ2v) is 11.8. The van der Waals surface area contributed by atoms with Crippen molar-refractivity contribution in [2.24, 2.45) is 10.2 Å². The molecule has 0 spiro atoms. The number of anilines is 1. The number of furan rings is 1. The lowest BCUT2D eigenvalue weighted by Crippen LogP contribution is -2.28. The quantitative estimate of drug-likeness (QED) is 0.0950. The van der Waals surface area contributed by atoms with E-state index in [0.717, 1.165) is 16.2 Å². The summed E-state index contributed by atoms with van der Waals surface area (Å²) >= 11 is 10.5. The second-order valence-electron chi connectivity index (χ2n) is 9.39. The molecule has 0 aliphatic carbocycles. The fourth-order valence-corrected chi connectivity index (χ4v) is 5.52. The number of carbonyl (C=O) groups excluding carboxylic acids is 2. The minimum atomic E-state index is -0.357. The van der Waals surface area contributed by atoms with E-state index in [-0.39, 0.29) is 30.7 Å². The molecule has 10 nitrogen and oxygen atoms in total. The number of benzene rings is 3. The van der Waals surface area contributed by atoms with Gasteiger partial charge in [-0.05, 0) is 103 Å². The molecule has 230 valence electrons. The summed E-state index contributed by atoms with van der Waals surface area (Å²) in [5, 5.41) is 22.2. The third-order valence-electron chi connectivity index (χ3n) is 6.16. The number of carbonyl (C=O) groups is 2. The number of rotatable bonds is 11. The van der Waals surface area contributed by atoms with E-state index in [2.05, 4.69) is 31.4 Å². The van der Waals surface area contributed by atoms with Crippen LogP contribution in [0.5, 0.6) is 17.2 Å². The van der Waals surface area contributed by atoms with Crippen molar-refractivity contribution in [2.75, 3.05) is 18.5 Å². The van der Waals surface area contributed by atoms with Gasteiger partial charge >= 0.3 is 0 Å². The summed E-state index contributed by atoms with van der Waals surface area (Å²) in [6, 6.07) is 20.4. The Morgan fingerprint density at radius 3 is 2.69 bits per heavy atom. The van der Waals surface area contributed by atoms with Gasteiger partial charge in [0, 0.05) is 20.7 Å². The van der Waals surface area contributed by atoms with E-state index in [9.17, 15) is 14.7 Å². The number of hydrogen-bond acceptors (Lipinski definition) is 9. The first-order chi connectivity index (χ1) is 21.8. The van der Waals surface area contributed by atoms with E-state index < -0.39 is 0 Å². The third kappa shape index (κ3) is 8.56. The highest BCUT2D eigenvalue weighted by molar-refractivity contribution is 9.10. The first-order valence-corrected chi connectivity index (χ1v) is 15.6. The van der Waals surface area contributed by atoms with E-state index in [1.807, 2.05) is 6.92 Å². The van der Waals surface area contributed by atoms with Crippen molar-refractivity contribution in [3.63, 3.8) is 0 Å². The summed E-state index contributed by atoms with van der Waals surface area (Å²) in [6.07, 6.45) is 4.71. The third-order valence-corrected chi connectivity index (χ3v) is 7.90. The van der Waals surface area contributed by atoms with Crippen molar-refractivity contribution in [3.8, 4) is 17.2 Å². The lowest BCUT2D eigenvalue weighted by atomic mass is 10.2. The van der Waals surface area contributed by atoms with Crippen LogP contribution < -0.4 is 14.8 Å². The first-order valence-electron chi connectivity index (χ1n) is 13.6. The van der Waals surface area contributed by atoms with E-state index >= 15 is 0 Å². The van der Waals surface area contributed by atoms with Crippen LogP contribution in [-0.2, 0) is 16.1 Å². The molecule has 3 aromatic carbocycles. The molecule has 0 saturated carbocycles. The van der Waals surface area contributed by atoms with Gasteiger partial charge in [0.25, 0.3) is 11.8 Å². The van der Waals surface area contributed by atoms with E-state index in [1.54, 1.807) is 72.8 Å². The maximum atomic E-state index is 13.6. The van der Waals surface area contributed by atoms with Crippen molar-refractivity contribution < 1.29 is 28.6 Å². The molecular weight excluding hydrogens is 684 g/mol. The Labute approximate surface area is 276 Å². The SMILES string of the molecule is CCOc1cc(/C=N\N=C2\S/C(=C\c3cc(Br)ccc3OCC(=O)Nc3ccc(Cl)cc3)C(=O)N2Cc2ccco2)ccc1O. The number of thioether (sulfide) groups is 1. The van der Waals surface area contributed by atoms with E-state index in [4.69, 9.17) is 25.5 Å². The van der Waals surface area contributed by atoms with Crippen LogP contribution in [0.4, 0.5) is 5.69 Å². The van der Waals surface area contributed by atoms with Gasteiger partial charge in [0.2, 0.25) is 0 Å². The number of phenolic OH excluding ortho intramolecular Hbond substituents is 1. The zero-order valence-corrected chi connectivity index (χ0v) is 26.9. The molecule has 1 aliphatic heterocycles. The predicted molar refractivity (Wildman–Crippen MR) is 179 cm³/mol. The Bertz CT molecular complexity index is 1780. The number of phenols is 1. The van der Waals surface area contributed by atoms with Crippen molar-refractivity contribution in [1.82, 2.24) is 4.90 Å². The maximum Gasteiger partial charge on any atom is 0.267 e. The molecule has 2 N–H and O–H groups in total. The van der Waals surface area contributed by atoms with Gasteiger partial charge in [0.15, 0.2) is 23.3 Å². The maximum absolute atomic E-state index is 13.6. The average molecular weight is 710 g/mol. The smallest absolute Gasteiger partial charge is 0.267 e. The van der Waals surface area contributed by atoms with Crippen LogP contribution in [0.25, 0.3) is 6.08 Å². The highest BCUT2D eigenvalue weighted by Crippen LogP contribution is 2.36. The average Bonchev–Trinajstić information content (AvgIpc) is 3.64. The van der Waals surface area contributed by atoms with Gasteiger partial charge in [-0.3, -0.25) is 14.5 Å². The molecule has 4 aromatic rings. The molecule has 13 heteroatoms. The molecule has 5 rings (SSSR count). The molecule has 45 heavy (non-hydrogen) atoms.